The molecule has 3 aromatic rings. The van der Waals surface area contributed by atoms with Crippen LogP contribution in [0.4, 0.5) is 0 Å². The summed E-state index contributed by atoms with van der Waals surface area (Å²) in [5, 5.41) is 3.78. The summed E-state index contributed by atoms with van der Waals surface area (Å²) < 4.78 is 5.92. The van der Waals surface area contributed by atoms with Gasteiger partial charge in [-0.05, 0) is 29.3 Å². The van der Waals surface area contributed by atoms with Gasteiger partial charge < -0.3 is 26.5 Å². The first-order valence-corrected chi connectivity index (χ1v) is 8.67. The van der Waals surface area contributed by atoms with E-state index in [0.29, 0.717) is 34.8 Å². The molecular formula is C19H22Cl3N5O2. The highest BCUT2D eigenvalue weighted by Gasteiger charge is 2.15. The van der Waals surface area contributed by atoms with Crippen molar-refractivity contribution in [3.8, 4) is 5.75 Å². The highest BCUT2D eigenvalue weighted by Crippen LogP contribution is 2.32. The highest BCUT2D eigenvalue weighted by molar-refractivity contribution is 6.35. The van der Waals surface area contributed by atoms with Gasteiger partial charge in [-0.3, -0.25) is 4.79 Å². The van der Waals surface area contributed by atoms with Crippen LogP contribution < -0.4 is 21.5 Å². The molecule has 29 heavy (non-hydrogen) atoms. The number of guanidine groups is 1. The number of fused-ring (bicyclic) bond motifs is 1. The lowest BCUT2D eigenvalue weighted by Gasteiger charge is -2.09. The summed E-state index contributed by atoms with van der Waals surface area (Å²) in [6.45, 7) is 0.869. The lowest BCUT2D eigenvalue weighted by molar-refractivity contribution is 0.0998. The molecule has 1 aromatic heterocycles. The van der Waals surface area contributed by atoms with E-state index in [0.717, 1.165) is 11.1 Å². The second-order valence-electron chi connectivity index (χ2n) is 5.88. The molecule has 2 aromatic carbocycles. The molecule has 0 atom stereocenters. The van der Waals surface area contributed by atoms with Crippen molar-refractivity contribution >= 4 is 59.2 Å². The maximum Gasteiger partial charge on any atom is 0.296 e. The third-order valence-corrected chi connectivity index (χ3v) is 4.39. The quantitative estimate of drug-likeness (QED) is 0.345. The Morgan fingerprint density at radius 2 is 1.83 bits per heavy atom. The summed E-state index contributed by atoms with van der Waals surface area (Å²) in [5.41, 5.74) is 14.1. The third kappa shape index (κ3) is 5.77. The number of benzene rings is 2. The van der Waals surface area contributed by atoms with Crippen molar-refractivity contribution in [2.24, 2.45) is 16.5 Å². The van der Waals surface area contributed by atoms with Gasteiger partial charge in [0, 0.05) is 19.0 Å². The van der Waals surface area contributed by atoms with E-state index in [9.17, 15) is 4.79 Å². The van der Waals surface area contributed by atoms with Gasteiger partial charge in [-0.15, -0.1) is 24.8 Å². The summed E-state index contributed by atoms with van der Waals surface area (Å²) in [6, 6.07) is 13.0. The van der Waals surface area contributed by atoms with Gasteiger partial charge in [-0.2, -0.15) is 4.99 Å². The number of carbonyl (C=O) groups excluding carboxylic acids is 1. The molecular weight excluding hydrogens is 437 g/mol. The standard InChI is InChI=1S/C19H20ClN5O2.2ClH/c1-23-19(22)25-18(26)15-8-13-14(20)6-7-16(17(13)24-15)27-10-12-4-2-11(9-21)3-5-12;;/h2-8,24H,9-10,21H2,1H3,(H3,22,23,25,26);2*1H. The molecule has 0 aliphatic rings. The van der Waals surface area contributed by atoms with E-state index >= 15 is 0 Å². The number of aliphatic imine (C=N–C) groups is 1. The molecule has 7 nitrogen and oxygen atoms in total. The first-order valence-electron chi connectivity index (χ1n) is 8.30. The van der Waals surface area contributed by atoms with E-state index in [1.54, 1.807) is 25.2 Å². The first-order chi connectivity index (χ1) is 13.0. The Balaban J connectivity index is 0.00000210. The van der Waals surface area contributed by atoms with Crippen LogP contribution in [0.5, 0.6) is 5.75 Å². The van der Waals surface area contributed by atoms with E-state index in [1.807, 2.05) is 24.3 Å². The minimum atomic E-state index is -0.502. The predicted octanol–water partition coefficient (Wildman–Crippen LogP) is 3.38. The molecule has 0 bridgehead atoms. The van der Waals surface area contributed by atoms with Crippen LogP contribution in [-0.4, -0.2) is 23.9 Å². The molecule has 1 amide bonds. The molecule has 156 valence electrons. The number of halogens is 3. The second kappa shape index (κ2) is 10.9. The van der Waals surface area contributed by atoms with Crippen LogP contribution in [0.1, 0.15) is 21.6 Å². The molecule has 0 fully saturated rings. The largest absolute Gasteiger partial charge is 0.487 e. The molecule has 0 saturated heterocycles. The number of H-pyrrole nitrogens is 1. The fourth-order valence-corrected chi connectivity index (χ4v) is 2.76. The molecule has 6 N–H and O–H groups in total. The molecule has 0 radical (unpaired) electrons. The van der Waals surface area contributed by atoms with Crippen LogP contribution in [0.2, 0.25) is 5.02 Å². The van der Waals surface area contributed by atoms with Crippen molar-refractivity contribution in [2.45, 2.75) is 13.2 Å². The molecule has 3 rings (SSSR count). The van der Waals surface area contributed by atoms with Gasteiger partial charge in [0.2, 0.25) is 0 Å². The van der Waals surface area contributed by atoms with Crippen LogP contribution in [0.15, 0.2) is 47.5 Å². The summed E-state index contributed by atoms with van der Waals surface area (Å²) in [5.74, 6) is 0.113. The number of amides is 1. The average Bonchev–Trinajstić information content (AvgIpc) is 3.14. The van der Waals surface area contributed by atoms with Crippen molar-refractivity contribution in [3.05, 3.63) is 64.3 Å². The average molecular weight is 459 g/mol. The number of hydrogen-bond acceptors (Lipinski definition) is 3. The minimum absolute atomic E-state index is 0. The number of nitrogens with two attached hydrogens (primary N) is 2. The number of carbonyl (C=O) groups is 1. The van der Waals surface area contributed by atoms with Gasteiger partial charge in [0.1, 0.15) is 18.1 Å². The SMILES string of the molecule is CNC(N)=NC(=O)c1cc2c(Cl)ccc(OCc3ccc(CN)cc3)c2[nH]1.Cl.Cl. The van der Waals surface area contributed by atoms with E-state index in [1.165, 1.54) is 0 Å². The second-order valence-corrected chi connectivity index (χ2v) is 6.29. The van der Waals surface area contributed by atoms with Crippen LogP contribution in [0.3, 0.4) is 0 Å². The van der Waals surface area contributed by atoms with Crippen LogP contribution in [0.25, 0.3) is 10.9 Å². The number of nitrogens with one attached hydrogen (secondary N) is 2. The minimum Gasteiger partial charge on any atom is -0.487 e. The van der Waals surface area contributed by atoms with Crippen molar-refractivity contribution < 1.29 is 9.53 Å². The number of aromatic amines is 1. The fraction of sp³-hybridized carbons (Fsp3) is 0.158. The lowest BCUT2D eigenvalue weighted by Crippen LogP contribution is -2.28. The molecule has 10 heteroatoms. The Kier molecular flexibility index (Phi) is 9.26. The summed E-state index contributed by atoms with van der Waals surface area (Å²) in [6.07, 6.45) is 0. The number of ether oxygens (including phenoxy) is 1. The highest BCUT2D eigenvalue weighted by atomic mass is 35.5. The maximum absolute atomic E-state index is 12.2. The molecule has 1 heterocycles. The molecule has 0 aliphatic heterocycles. The van der Waals surface area contributed by atoms with E-state index < -0.39 is 5.91 Å². The van der Waals surface area contributed by atoms with E-state index in [2.05, 4.69) is 15.3 Å². The number of nitrogens with zero attached hydrogens (tertiary/aromatic N) is 1. The Morgan fingerprint density at radius 1 is 1.17 bits per heavy atom. The maximum atomic E-state index is 12.2. The normalized spacial score (nSPS) is 10.8. The van der Waals surface area contributed by atoms with Gasteiger partial charge in [0.25, 0.3) is 5.91 Å². The van der Waals surface area contributed by atoms with Gasteiger partial charge in [0.05, 0.1) is 10.5 Å². The zero-order valence-electron chi connectivity index (χ0n) is 15.6. The fourth-order valence-electron chi connectivity index (χ4n) is 2.55. The lowest BCUT2D eigenvalue weighted by atomic mass is 10.1. The van der Waals surface area contributed by atoms with Crippen molar-refractivity contribution in [3.63, 3.8) is 0 Å². The molecule has 0 aliphatic carbocycles. The smallest absolute Gasteiger partial charge is 0.296 e. The molecule has 0 saturated carbocycles. The van der Waals surface area contributed by atoms with Crippen molar-refractivity contribution in [1.82, 2.24) is 10.3 Å². The van der Waals surface area contributed by atoms with E-state index in [-0.39, 0.29) is 36.5 Å². The van der Waals surface area contributed by atoms with Crippen LogP contribution >= 0.6 is 36.4 Å². The first kappa shape index (κ1) is 24.6. The number of hydrogen-bond donors (Lipinski definition) is 4. The Morgan fingerprint density at radius 3 is 2.45 bits per heavy atom. The van der Waals surface area contributed by atoms with Gasteiger partial charge in [-0.1, -0.05) is 35.9 Å². The van der Waals surface area contributed by atoms with Crippen LogP contribution in [0, 0.1) is 0 Å². The summed E-state index contributed by atoms with van der Waals surface area (Å²) in [4.78, 5) is 19.0. The van der Waals surface area contributed by atoms with Gasteiger partial charge >= 0.3 is 0 Å². The molecule has 0 spiro atoms. The Hall–Kier alpha value is -2.45. The van der Waals surface area contributed by atoms with Gasteiger partial charge in [0.15, 0.2) is 5.96 Å². The zero-order valence-corrected chi connectivity index (χ0v) is 18.0. The van der Waals surface area contributed by atoms with Crippen molar-refractivity contribution in [2.75, 3.05) is 7.05 Å². The topological polar surface area (TPSA) is 119 Å². The Labute approximate surface area is 185 Å². The number of rotatable bonds is 5. The predicted molar refractivity (Wildman–Crippen MR) is 121 cm³/mol. The molecule has 0 unspecified atom stereocenters. The summed E-state index contributed by atoms with van der Waals surface area (Å²) >= 11 is 6.26. The zero-order chi connectivity index (χ0) is 19.4. The monoisotopic (exact) mass is 457 g/mol. The van der Waals surface area contributed by atoms with Crippen LogP contribution in [-0.2, 0) is 13.2 Å². The number of aromatic nitrogens is 1. The third-order valence-electron chi connectivity index (χ3n) is 4.06. The summed E-state index contributed by atoms with van der Waals surface area (Å²) in [7, 11) is 1.58. The Bertz CT molecular complexity index is 1000. The van der Waals surface area contributed by atoms with Gasteiger partial charge in [-0.25, -0.2) is 0 Å². The van der Waals surface area contributed by atoms with E-state index in [4.69, 9.17) is 27.8 Å². The van der Waals surface area contributed by atoms with Crippen molar-refractivity contribution in [1.29, 1.82) is 0 Å².